The van der Waals surface area contributed by atoms with Crippen LogP contribution in [0, 0.1) is 0 Å². The number of allylic oxidation sites excluding steroid dienone is 5. The molecular weight excluding hydrogens is 408 g/mol. The van der Waals surface area contributed by atoms with Gasteiger partial charge < -0.3 is 10.2 Å². The van der Waals surface area contributed by atoms with Crippen molar-refractivity contribution < 1.29 is 0 Å². The van der Waals surface area contributed by atoms with Crippen molar-refractivity contribution in [2.45, 2.75) is 96.1 Å². The van der Waals surface area contributed by atoms with E-state index in [4.69, 9.17) is 0 Å². The minimum Gasteiger partial charge on any atom is -0.309 e. The van der Waals surface area contributed by atoms with Gasteiger partial charge in [-0.1, -0.05) is 82.2 Å². The molecule has 0 aliphatic heterocycles. The lowest BCUT2D eigenvalue weighted by atomic mass is 9.99. The fourth-order valence-electron chi connectivity index (χ4n) is 4.72. The van der Waals surface area contributed by atoms with Crippen LogP contribution in [-0.2, 0) is 0 Å². The number of thioether (sulfide) groups is 1. The van der Waals surface area contributed by atoms with Crippen LogP contribution in [-0.4, -0.2) is 49.1 Å². The number of unbranched alkanes of at least 4 members (excludes halogenated alkanes) is 4. The van der Waals surface area contributed by atoms with Crippen molar-refractivity contribution in [2.24, 2.45) is 0 Å². The maximum absolute atomic E-state index is 3.77. The van der Waals surface area contributed by atoms with Crippen LogP contribution in [0.5, 0.6) is 0 Å². The van der Waals surface area contributed by atoms with Crippen molar-refractivity contribution in [1.29, 1.82) is 0 Å². The summed E-state index contributed by atoms with van der Waals surface area (Å²) in [7, 11) is 2.27. The third-order valence-corrected chi connectivity index (χ3v) is 8.12. The van der Waals surface area contributed by atoms with Crippen molar-refractivity contribution in [3.8, 4) is 0 Å². The van der Waals surface area contributed by atoms with Crippen LogP contribution in [0.1, 0.15) is 90.9 Å². The molecular formula is C29H50N2S. The fraction of sp³-hybridized carbons (Fsp3) is 0.724. The van der Waals surface area contributed by atoms with Crippen molar-refractivity contribution >= 4 is 11.8 Å². The minimum atomic E-state index is 0.897. The molecule has 0 spiro atoms. The Morgan fingerprint density at radius 2 is 1.81 bits per heavy atom. The van der Waals surface area contributed by atoms with Gasteiger partial charge in [-0.3, -0.25) is 0 Å². The zero-order chi connectivity index (χ0) is 22.9. The smallest absolute Gasteiger partial charge is 0.0208 e. The van der Waals surface area contributed by atoms with E-state index in [0.717, 1.165) is 24.9 Å². The van der Waals surface area contributed by atoms with Crippen LogP contribution >= 0.6 is 11.8 Å². The van der Waals surface area contributed by atoms with Crippen molar-refractivity contribution in [1.82, 2.24) is 10.2 Å². The van der Waals surface area contributed by atoms with Gasteiger partial charge in [0.1, 0.15) is 0 Å². The zero-order valence-corrected chi connectivity index (χ0v) is 22.2. The minimum absolute atomic E-state index is 0.897. The number of hydrogen-bond acceptors (Lipinski definition) is 3. The van der Waals surface area contributed by atoms with Gasteiger partial charge in [-0.25, -0.2) is 0 Å². The second-order valence-corrected chi connectivity index (χ2v) is 11.0. The fourth-order valence-corrected chi connectivity index (χ4v) is 6.11. The number of nitrogens with one attached hydrogen (secondary N) is 1. The molecule has 0 radical (unpaired) electrons. The third-order valence-electron chi connectivity index (χ3n) is 6.70. The van der Waals surface area contributed by atoms with E-state index in [1.165, 1.54) is 94.9 Å². The van der Waals surface area contributed by atoms with Gasteiger partial charge in [0, 0.05) is 30.6 Å². The third kappa shape index (κ3) is 11.9. The molecule has 0 aromatic carbocycles. The predicted molar refractivity (Wildman–Crippen MR) is 147 cm³/mol. The Balaban J connectivity index is 1.75. The van der Waals surface area contributed by atoms with Crippen molar-refractivity contribution in [3.05, 3.63) is 47.1 Å². The van der Waals surface area contributed by atoms with Crippen molar-refractivity contribution in [3.63, 3.8) is 0 Å². The Hall–Kier alpha value is -0.770. The second-order valence-electron chi connectivity index (χ2n) is 9.71. The summed E-state index contributed by atoms with van der Waals surface area (Å²) in [5.41, 5.74) is 4.63. The van der Waals surface area contributed by atoms with Crippen molar-refractivity contribution in [2.75, 3.05) is 39.0 Å². The molecule has 0 aromatic heterocycles. The number of rotatable bonds is 16. The quantitative estimate of drug-likeness (QED) is 0.188. The van der Waals surface area contributed by atoms with Crippen LogP contribution in [0.2, 0.25) is 0 Å². The maximum atomic E-state index is 3.77. The number of likely N-dealkylation sites (N-methyl/N-ethyl adjacent to an activating group) is 1. The molecule has 0 saturated heterocycles. The summed E-state index contributed by atoms with van der Waals surface area (Å²) >= 11 is 2.22. The summed E-state index contributed by atoms with van der Waals surface area (Å²) < 4.78 is 0. The molecule has 0 unspecified atom stereocenters. The highest BCUT2D eigenvalue weighted by Gasteiger charge is 2.16. The lowest BCUT2D eigenvalue weighted by Gasteiger charge is -2.24. The average molecular weight is 459 g/mol. The normalized spacial score (nSPS) is 18.4. The lowest BCUT2D eigenvalue weighted by Crippen LogP contribution is -2.28. The highest BCUT2D eigenvalue weighted by Crippen LogP contribution is 2.31. The standard InChI is InChI=1S/C29H50N2S/c1-4-6-8-9-15-21-31(3)24-26(16-7-5-2)22-30-23-27-17-13-14-18-28(27)25-32-29-19-11-10-12-20-29/h5,7,16-18,29-30H,4,6,8-15,19-25H2,1-3H3/b7-5-,26-16+. The van der Waals surface area contributed by atoms with E-state index < -0.39 is 0 Å². The molecule has 0 aromatic rings. The Kier molecular flexibility index (Phi) is 15.2. The summed E-state index contributed by atoms with van der Waals surface area (Å²) in [5.74, 6) is 1.21. The first-order chi connectivity index (χ1) is 15.7. The predicted octanol–water partition coefficient (Wildman–Crippen LogP) is 7.69. The molecule has 0 bridgehead atoms. The molecule has 182 valence electrons. The number of nitrogens with zero attached hydrogens (tertiary/aromatic N) is 1. The van der Waals surface area contributed by atoms with E-state index in [1.54, 1.807) is 11.1 Å². The Bertz CT molecular complexity index is 611. The van der Waals surface area contributed by atoms with Crippen LogP contribution in [0.3, 0.4) is 0 Å². The van der Waals surface area contributed by atoms with E-state index in [0.29, 0.717) is 0 Å². The first-order valence-electron chi connectivity index (χ1n) is 13.4. The molecule has 2 aliphatic carbocycles. The highest BCUT2D eigenvalue weighted by atomic mass is 32.2. The molecule has 0 heterocycles. The van der Waals surface area contributed by atoms with Gasteiger partial charge in [-0.2, -0.15) is 11.8 Å². The Morgan fingerprint density at radius 1 is 1.06 bits per heavy atom. The van der Waals surface area contributed by atoms with E-state index in [-0.39, 0.29) is 0 Å². The molecule has 1 saturated carbocycles. The average Bonchev–Trinajstić information content (AvgIpc) is 2.82. The molecule has 1 fully saturated rings. The van der Waals surface area contributed by atoms with E-state index >= 15 is 0 Å². The first kappa shape index (κ1) is 27.5. The van der Waals surface area contributed by atoms with Crippen LogP contribution in [0.15, 0.2) is 47.1 Å². The molecule has 2 nitrogen and oxygen atoms in total. The summed E-state index contributed by atoms with van der Waals surface area (Å²) in [5, 5.41) is 4.67. The summed E-state index contributed by atoms with van der Waals surface area (Å²) in [4.78, 5) is 2.50. The van der Waals surface area contributed by atoms with Crippen LogP contribution in [0.25, 0.3) is 0 Å². The SMILES string of the molecule is C/C=C\C=C(/CNCC1=CCCC=C1CSC1CCCCC1)CN(C)CCCCCCC. The second kappa shape index (κ2) is 17.7. The van der Waals surface area contributed by atoms with E-state index in [1.807, 2.05) is 0 Å². The van der Waals surface area contributed by atoms with Gasteiger partial charge in [0.15, 0.2) is 0 Å². The van der Waals surface area contributed by atoms with Gasteiger partial charge in [-0.05, 0) is 69.3 Å². The summed E-state index contributed by atoms with van der Waals surface area (Å²) in [6.45, 7) is 8.63. The highest BCUT2D eigenvalue weighted by molar-refractivity contribution is 8.00. The van der Waals surface area contributed by atoms with Gasteiger partial charge in [0.05, 0.1) is 0 Å². The van der Waals surface area contributed by atoms with Gasteiger partial charge >= 0.3 is 0 Å². The monoisotopic (exact) mass is 458 g/mol. The Labute approximate surface area is 204 Å². The van der Waals surface area contributed by atoms with E-state index in [9.17, 15) is 0 Å². The lowest BCUT2D eigenvalue weighted by molar-refractivity contribution is 0.346. The van der Waals surface area contributed by atoms with Gasteiger partial charge in [0.25, 0.3) is 0 Å². The van der Waals surface area contributed by atoms with Crippen LogP contribution < -0.4 is 5.32 Å². The molecule has 1 N–H and O–H groups in total. The zero-order valence-electron chi connectivity index (χ0n) is 21.3. The molecule has 32 heavy (non-hydrogen) atoms. The molecule has 3 heteroatoms. The first-order valence-corrected chi connectivity index (χ1v) is 14.5. The summed E-state index contributed by atoms with van der Waals surface area (Å²) in [6, 6.07) is 0. The van der Waals surface area contributed by atoms with Gasteiger partial charge in [-0.15, -0.1) is 0 Å². The topological polar surface area (TPSA) is 15.3 Å². The van der Waals surface area contributed by atoms with E-state index in [2.05, 4.69) is 73.3 Å². The maximum Gasteiger partial charge on any atom is 0.0208 e. The number of hydrogen-bond donors (Lipinski definition) is 1. The molecule has 2 rings (SSSR count). The summed E-state index contributed by atoms with van der Waals surface area (Å²) in [6.07, 6.45) is 28.0. The van der Waals surface area contributed by atoms with Crippen LogP contribution in [0.4, 0.5) is 0 Å². The largest absolute Gasteiger partial charge is 0.309 e. The molecule has 0 atom stereocenters. The molecule has 2 aliphatic rings. The van der Waals surface area contributed by atoms with Gasteiger partial charge in [0.2, 0.25) is 0 Å². The molecule has 0 amide bonds. The Morgan fingerprint density at radius 3 is 2.56 bits per heavy atom.